The van der Waals surface area contributed by atoms with E-state index >= 15 is 0 Å². The predicted octanol–water partition coefficient (Wildman–Crippen LogP) is 2.70. The summed E-state index contributed by atoms with van der Waals surface area (Å²) in [6.45, 7) is 5.40. The number of nitrogens with one attached hydrogen (secondary N) is 1. The van der Waals surface area contributed by atoms with Gasteiger partial charge in [-0.1, -0.05) is 31.3 Å². The van der Waals surface area contributed by atoms with Gasteiger partial charge in [-0.15, -0.1) is 0 Å². The number of aryl methyl sites for hydroxylation is 1. The first-order valence-electron chi connectivity index (χ1n) is 5.73. The van der Waals surface area contributed by atoms with Crippen molar-refractivity contribution in [2.75, 3.05) is 11.9 Å². The van der Waals surface area contributed by atoms with Crippen molar-refractivity contribution in [1.29, 1.82) is 0 Å². The Bertz CT molecular complexity index is 414. The van der Waals surface area contributed by atoms with E-state index in [1.807, 2.05) is 12.1 Å². The normalized spacial score (nSPS) is 22.9. The fraction of sp³-hybridized carbons (Fsp3) is 0.462. The lowest BCUT2D eigenvalue weighted by atomic mass is 10.1. The van der Waals surface area contributed by atoms with E-state index in [0.717, 1.165) is 29.6 Å². The van der Waals surface area contributed by atoms with E-state index in [9.17, 15) is 0 Å². The van der Waals surface area contributed by atoms with Crippen LogP contribution in [-0.2, 0) is 0 Å². The van der Waals surface area contributed by atoms with Crippen LogP contribution in [0.25, 0.3) is 0 Å². The second-order valence-corrected chi connectivity index (χ2v) is 5.16. The maximum atomic E-state index is 5.72. The van der Waals surface area contributed by atoms with Crippen molar-refractivity contribution in [1.82, 2.24) is 0 Å². The molecule has 2 unspecified atom stereocenters. The third-order valence-corrected chi connectivity index (χ3v) is 3.58. The minimum Gasteiger partial charge on any atom is -0.389 e. The van der Waals surface area contributed by atoms with Crippen LogP contribution in [0.15, 0.2) is 18.2 Å². The lowest BCUT2D eigenvalue weighted by molar-refractivity contribution is 0.786. The molecule has 2 nitrogen and oxygen atoms in total. The summed E-state index contributed by atoms with van der Waals surface area (Å²) in [6, 6.07) is 6.06. The molecule has 0 saturated heterocycles. The zero-order valence-corrected chi connectivity index (χ0v) is 10.6. The first kappa shape index (κ1) is 11.4. The van der Waals surface area contributed by atoms with Crippen LogP contribution in [0, 0.1) is 18.8 Å². The van der Waals surface area contributed by atoms with Crippen molar-refractivity contribution >= 4 is 22.9 Å². The molecule has 0 amide bonds. The first-order chi connectivity index (χ1) is 7.59. The average Bonchev–Trinajstić information content (AvgIpc) is 2.92. The molecule has 0 heterocycles. The SMILES string of the molecule is Cc1cccc(C(N)=S)c1NCC1CC1C. The second kappa shape index (κ2) is 4.42. The molecule has 16 heavy (non-hydrogen) atoms. The van der Waals surface area contributed by atoms with Crippen LogP contribution in [-0.4, -0.2) is 11.5 Å². The van der Waals surface area contributed by atoms with Crippen LogP contribution in [0.4, 0.5) is 5.69 Å². The van der Waals surface area contributed by atoms with Gasteiger partial charge in [0.15, 0.2) is 0 Å². The molecule has 1 aromatic carbocycles. The van der Waals surface area contributed by atoms with E-state index < -0.39 is 0 Å². The minimum atomic E-state index is 0.468. The summed E-state index contributed by atoms with van der Waals surface area (Å²) < 4.78 is 0. The van der Waals surface area contributed by atoms with Crippen LogP contribution < -0.4 is 11.1 Å². The van der Waals surface area contributed by atoms with E-state index in [0.29, 0.717) is 4.99 Å². The van der Waals surface area contributed by atoms with Gasteiger partial charge >= 0.3 is 0 Å². The molecule has 2 atom stereocenters. The molecule has 2 rings (SSSR count). The van der Waals surface area contributed by atoms with Crippen LogP contribution in [0.1, 0.15) is 24.5 Å². The molecule has 86 valence electrons. The molecule has 3 heteroatoms. The Kier molecular flexibility index (Phi) is 3.15. The predicted molar refractivity (Wildman–Crippen MR) is 72.8 cm³/mol. The number of anilines is 1. The number of para-hydroxylation sites is 1. The molecule has 1 saturated carbocycles. The van der Waals surface area contributed by atoms with Gasteiger partial charge in [0, 0.05) is 17.8 Å². The largest absolute Gasteiger partial charge is 0.389 e. The van der Waals surface area contributed by atoms with Crippen molar-refractivity contribution in [2.45, 2.75) is 20.3 Å². The summed E-state index contributed by atoms with van der Waals surface area (Å²) in [7, 11) is 0. The Labute approximate surface area is 102 Å². The van der Waals surface area contributed by atoms with E-state index in [4.69, 9.17) is 18.0 Å². The Morgan fingerprint density at radius 3 is 2.81 bits per heavy atom. The maximum absolute atomic E-state index is 5.72. The Morgan fingerprint density at radius 1 is 1.56 bits per heavy atom. The van der Waals surface area contributed by atoms with E-state index in [1.54, 1.807) is 0 Å². The van der Waals surface area contributed by atoms with Gasteiger partial charge in [-0.3, -0.25) is 0 Å². The van der Waals surface area contributed by atoms with Crippen molar-refractivity contribution in [3.63, 3.8) is 0 Å². The number of hydrogen-bond donors (Lipinski definition) is 2. The highest BCUT2D eigenvalue weighted by Crippen LogP contribution is 2.38. The first-order valence-corrected chi connectivity index (χ1v) is 6.13. The zero-order valence-electron chi connectivity index (χ0n) is 9.79. The summed E-state index contributed by atoms with van der Waals surface area (Å²) >= 11 is 5.07. The lowest BCUT2D eigenvalue weighted by Crippen LogP contribution is -2.15. The van der Waals surface area contributed by atoms with Gasteiger partial charge in [0.2, 0.25) is 0 Å². The number of thiocarbonyl (C=S) groups is 1. The smallest absolute Gasteiger partial charge is 0.106 e. The van der Waals surface area contributed by atoms with Gasteiger partial charge in [0.25, 0.3) is 0 Å². The number of hydrogen-bond acceptors (Lipinski definition) is 2. The Morgan fingerprint density at radius 2 is 2.25 bits per heavy atom. The highest BCUT2D eigenvalue weighted by atomic mass is 32.1. The highest BCUT2D eigenvalue weighted by molar-refractivity contribution is 7.80. The van der Waals surface area contributed by atoms with Crippen LogP contribution in [0.2, 0.25) is 0 Å². The standard InChI is InChI=1S/C13H18N2S/c1-8-4-3-5-11(13(14)16)12(8)15-7-10-6-9(10)2/h3-5,9-10,15H,6-7H2,1-2H3,(H2,14,16). The molecule has 1 aliphatic rings. The Hall–Kier alpha value is -1.09. The third kappa shape index (κ3) is 2.35. The lowest BCUT2D eigenvalue weighted by Gasteiger charge is -2.13. The number of benzene rings is 1. The maximum Gasteiger partial charge on any atom is 0.106 e. The molecule has 0 radical (unpaired) electrons. The number of rotatable bonds is 4. The molecular weight excluding hydrogens is 216 g/mol. The van der Waals surface area contributed by atoms with Crippen molar-refractivity contribution in [2.24, 2.45) is 17.6 Å². The minimum absolute atomic E-state index is 0.468. The van der Waals surface area contributed by atoms with Gasteiger partial charge in [0.05, 0.1) is 0 Å². The molecule has 0 aliphatic heterocycles. The van der Waals surface area contributed by atoms with Crippen LogP contribution >= 0.6 is 12.2 Å². The fourth-order valence-corrected chi connectivity index (χ4v) is 2.19. The average molecular weight is 234 g/mol. The van der Waals surface area contributed by atoms with Gasteiger partial charge in [-0.2, -0.15) is 0 Å². The van der Waals surface area contributed by atoms with Crippen LogP contribution in [0.3, 0.4) is 0 Å². The molecular formula is C13H18N2S. The summed E-state index contributed by atoms with van der Waals surface area (Å²) in [5, 5.41) is 3.49. The van der Waals surface area contributed by atoms with Crippen molar-refractivity contribution < 1.29 is 0 Å². The quantitative estimate of drug-likeness (QED) is 0.787. The van der Waals surface area contributed by atoms with E-state index in [2.05, 4.69) is 25.2 Å². The van der Waals surface area contributed by atoms with Gasteiger partial charge in [-0.05, 0) is 36.8 Å². The van der Waals surface area contributed by atoms with E-state index in [-0.39, 0.29) is 0 Å². The van der Waals surface area contributed by atoms with Crippen molar-refractivity contribution in [3.8, 4) is 0 Å². The van der Waals surface area contributed by atoms with E-state index in [1.165, 1.54) is 12.0 Å². The molecule has 3 N–H and O–H groups in total. The second-order valence-electron chi connectivity index (χ2n) is 4.72. The fourth-order valence-electron chi connectivity index (χ4n) is 2.02. The molecule has 1 aliphatic carbocycles. The summed E-state index contributed by atoms with van der Waals surface area (Å²) in [5.41, 5.74) is 9.00. The summed E-state index contributed by atoms with van der Waals surface area (Å²) in [5.74, 6) is 1.68. The third-order valence-electron chi connectivity index (χ3n) is 3.36. The van der Waals surface area contributed by atoms with Gasteiger partial charge < -0.3 is 11.1 Å². The molecule has 0 bridgehead atoms. The highest BCUT2D eigenvalue weighted by Gasteiger charge is 2.32. The van der Waals surface area contributed by atoms with Gasteiger partial charge in [-0.25, -0.2) is 0 Å². The number of nitrogens with two attached hydrogens (primary N) is 1. The molecule has 1 aromatic rings. The Balaban J connectivity index is 2.14. The zero-order chi connectivity index (χ0) is 11.7. The molecule has 0 aromatic heterocycles. The summed E-state index contributed by atoms with van der Waals surface area (Å²) in [6.07, 6.45) is 1.33. The molecule has 1 fully saturated rings. The van der Waals surface area contributed by atoms with Crippen molar-refractivity contribution in [3.05, 3.63) is 29.3 Å². The molecule has 0 spiro atoms. The summed E-state index contributed by atoms with van der Waals surface area (Å²) in [4.78, 5) is 0.468. The monoisotopic (exact) mass is 234 g/mol. The van der Waals surface area contributed by atoms with Crippen LogP contribution in [0.5, 0.6) is 0 Å². The van der Waals surface area contributed by atoms with Gasteiger partial charge in [0.1, 0.15) is 4.99 Å². The topological polar surface area (TPSA) is 38.0 Å².